The van der Waals surface area contributed by atoms with E-state index in [-0.39, 0.29) is 11.3 Å². The number of hydrogen-bond acceptors (Lipinski definition) is 4. The van der Waals surface area contributed by atoms with E-state index in [1.54, 1.807) is 24.8 Å². The minimum Gasteiger partial charge on any atom is -0.475 e. The van der Waals surface area contributed by atoms with E-state index < -0.39 is 5.97 Å². The third kappa shape index (κ3) is 3.90. The minimum atomic E-state index is -1.03. The summed E-state index contributed by atoms with van der Waals surface area (Å²) in [6, 6.07) is 1.58. The zero-order valence-electron chi connectivity index (χ0n) is 9.74. The van der Waals surface area contributed by atoms with Crippen molar-refractivity contribution in [3.8, 4) is 0 Å². The zero-order chi connectivity index (χ0) is 12.3. The topological polar surface area (TPSA) is 76.5 Å². The molecule has 3 N–H and O–H groups in total. The Labute approximate surface area is 99.2 Å². The molecule has 4 nitrogen and oxygen atoms in total. The molecule has 0 saturated heterocycles. The Balaban J connectivity index is 2.58. The predicted molar refractivity (Wildman–Crippen MR) is 64.8 cm³/mol. The highest BCUT2D eigenvalue weighted by molar-refractivity contribution is 7.98. The van der Waals surface area contributed by atoms with E-state index in [1.165, 1.54) is 0 Å². The van der Waals surface area contributed by atoms with Gasteiger partial charge >= 0.3 is 5.97 Å². The second-order valence-corrected chi connectivity index (χ2v) is 5.46. The number of furan rings is 1. The number of carboxylic acid groups (broad SMARTS) is 1. The van der Waals surface area contributed by atoms with E-state index in [2.05, 4.69) is 0 Å². The highest BCUT2D eigenvalue weighted by Crippen LogP contribution is 2.22. The fourth-order valence-corrected chi connectivity index (χ4v) is 2.33. The Morgan fingerprint density at radius 1 is 1.62 bits per heavy atom. The predicted octanol–water partition coefficient (Wildman–Crippen LogP) is 2.26. The second-order valence-electron chi connectivity index (χ2n) is 4.48. The minimum absolute atomic E-state index is 0.000101. The van der Waals surface area contributed by atoms with E-state index in [0.717, 1.165) is 17.1 Å². The lowest BCUT2D eigenvalue weighted by molar-refractivity contribution is 0.0661. The number of rotatable bonds is 5. The van der Waals surface area contributed by atoms with Crippen LogP contribution in [0.25, 0.3) is 0 Å². The normalized spacial score (nSPS) is 11.8. The summed E-state index contributed by atoms with van der Waals surface area (Å²) < 4.78 is 5.11. The molecule has 0 aromatic carbocycles. The Morgan fingerprint density at radius 2 is 2.25 bits per heavy atom. The van der Waals surface area contributed by atoms with Gasteiger partial charge in [0, 0.05) is 22.6 Å². The Morgan fingerprint density at radius 3 is 2.69 bits per heavy atom. The maximum atomic E-state index is 10.7. The van der Waals surface area contributed by atoms with Gasteiger partial charge in [-0.1, -0.05) is 0 Å². The van der Waals surface area contributed by atoms with Crippen LogP contribution in [0.1, 0.15) is 35.7 Å². The Bertz CT molecular complexity index is 379. The summed E-state index contributed by atoms with van der Waals surface area (Å²) >= 11 is 1.67. The van der Waals surface area contributed by atoms with Crippen LogP contribution in [0.4, 0.5) is 0 Å². The van der Waals surface area contributed by atoms with Crippen LogP contribution in [0.5, 0.6) is 0 Å². The van der Waals surface area contributed by atoms with Gasteiger partial charge in [-0.2, -0.15) is 11.8 Å². The molecule has 0 bridgehead atoms. The number of nitrogens with two attached hydrogens (primary N) is 1. The first-order valence-electron chi connectivity index (χ1n) is 4.99. The molecule has 0 aliphatic carbocycles. The maximum absolute atomic E-state index is 10.7. The molecule has 16 heavy (non-hydrogen) atoms. The first kappa shape index (κ1) is 13.1. The summed E-state index contributed by atoms with van der Waals surface area (Å²) in [5.41, 5.74) is 6.57. The van der Waals surface area contributed by atoms with Crippen LogP contribution >= 0.6 is 11.8 Å². The molecule has 0 aliphatic rings. The van der Waals surface area contributed by atoms with Crippen molar-refractivity contribution < 1.29 is 14.3 Å². The van der Waals surface area contributed by atoms with Crippen molar-refractivity contribution in [2.24, 2.45) is 5.73 Å². The van der Waals surface area contributed by atoms with E-state index in [1.807, 2.05) is 13.8 Å². The lowest BCUT2D eigenvalue weighted by Crippen LogP contribution is -2.34. The molecule has 0 atom stereocenters. The smallest absolute Gasteiger partial charge is 0.371 e. The molecular formula is C11H17NO3S. The van der Waals surface area contributed by atoms with Crippen molar-refractivity contribution in [3.63, 3.8) is 0 Å². The van der Waals surface area contributed by atoms with Crippen molar-refractivity contribution in [2.45, 2.75) is 32.1 Å². The third-order valence-corrected chi connectivity index (χ3v) is 3.43. The number of carbonyl (C=O) groups is 1. The molecule has 90 valence electrons. The van der Waals surface area contributed by atoms with Crippen LogP contribution in [0, 0.1) is 6.92 Å². The molecule has 1 heterocycles. The van der Waals surface area contributed by atoms with Gasteiger partial charge in [-0.05, 0) is 26.8 Å². The maximum Gasteiger partial charge on any atom is 0.371 e. The van der Waals surface area contributed by atoms with Crippen molar-refractivity contribution >= 4 is 17.7 Å². The molecule has 0 saturated carbocycles. The molecule has 0 amide bonds. The fraction of sp³-hybridized carbons (Fsp3) is 0.545. The number of thioether (sulfide) groups is 1. The fourth-order valence-electron chi connectivity index (χ4n) is 1.19. The summed E-state index contributed by atoms with van der Waals surface area (Å²) in [7, 11) is 0. The first-order chi connectivity index (χ1) is 7.29. The molecule has 5 heteroatoms. The van der Waals surface area contributed by atoms with E-state index in [9.17, 15) is 4.79 Å². The summed E-state index contributed by atoms with van der Waals surface area (Å²) in [4.78, 5) is 10.7. The van der Waals surface area contributed by atoms with Gasteiger partial charge in [0.2, 0.25) is 5.76 Å². The first-order valence-corrected chi connectivity index (χ1v) is 6.14. The van der Waals surface area contributed by atoms with E-state index >= 15 is 0 Å². The third-order valence-electron chi connectivity index (χ3n) is 1.96. The zero-order valence-corrected chi connectivity index (χ0v) is 10.6. The molecular weight excluding hydrogens is 226 g/mol. The molecule has 0 unspecified atom stereocenters. The van der Waals surface area contributed by atoms with Gasteiger partial charge in [0.15, 0.2) is 0 Å². The van der Waals surface area contributed by atoms with Gasteiger partial charge in [0.1, 0.15) is 5.76 Å². The quantitative estimate of drug-likeness (QED) is 0.829. The average Bonchev–Trinajstić information content (AvgIpc) is 2.46. The molecule has 0 spiro atoms. The summed E-state index contributed by atoms with van der Waals surface area (Å²) in [5, 5.41) is 8.76. The van der Waals surface area contributed by atoms with E-state index in [4.69, 9.17) is 15.3 Å². The SMILES string of the molecule is Cc1oc(C(=O)O)cc1CSCC(C)(C)N. The number of aryl methyl sites for hydroxylation is 1. The van der Waals surface area contributed by atoms with Gasteiger partial charge in [-0.25, -0.2) is 4.79 Å². The molecule has 1 aromatic heterocycles. The summed E-state index contributed by atoms with van der Waals surface area (Å²) in [6.45, 7) is 5.70. The lowest BCUT2D eigenvalue weighted by Gasteiger charge is -2.17. The van der Waals surface area contributed by atoms with Gasteiger partial charge in [0.05, 0.1) is 0 Å². The number of hydrogen-bond donors (Lipinski definition) is 2. The summed E-state index contributed by atoms with van der Waals surface area (Å²) in [5.74, 6) is 1.18. The van der Waals surface area contributed by atoms with Crippen LogP contribution in [-0.4, -0.2) is 22.4 Å². The van der Waals surface area contributed by atoms with Gasteiger partial charge in [0.25, 0.3) is 0 Å². The molecule has 1 rings (SSSR count). The van der Waals surface area contributed by atoms with Gasteiger partial charge in [-0.3, -0.25) is 0 Å². The lowest BCUT2D eigenvalue weighted by atomic mass is 10.1. The highest BCUT2D eigenvalue weighted by atomic mass is 32.2. The van der Waals surface area contributed by atoms with Crippen LogP contribution in [0.3, 0.4) is 0 Å². The van der Waals surface area contributed by atoms with Crippen LogP contribution in [0.2, 0.25) is 0 Å². The molecule has 0 radical (unpaired) electrons. The average molecular weight is 243 g/mol. The van der Waals surface area contributed by atoms with E-state index in [0.29, 0.717) is 5.76 Å². The largest absolute Gasteiger partial charge is 0.475 e. The van der Waals surface area contributed by atoms with Crippen molar-refractivity contribution in [1.82, 2.24) is 0 Å². The molecule has 1 aromatic rings. The summed E-state index contributed by atoms with van der Waals surface area (Å²) in [6.07, 6.45) is 0. The Hall–Kier alpha value is -0.940. The number of aromatic carboxylic acids is 1. The van der Waals surface area contributed by atoms with Crippen molar-refractivity contribution in [1.29, 1.82) is 0 Å². The number of carboxylic acids is 1. The van der Waals surface area contributed by atoms with Gasteiger partial charge < -0.3 is 15.3 Å². The monoisotopic (exact) mass is 243 g/mol. The Kier molecular flexibility index (Phi) is 4.04. The van der Waals surface area contributed by atoms with Gasteiger partial charge in [-0.15, -0.1) is 0 Å². The highest BCUT2D eigenvalue weighted by Gasteiger charge is 2.15. The van der Waals surface area contributed by atoms with Crippen LogP contribution in [-0.2, 0) is 5.75 Å². The second kappa shape index (κ2) is 4.93. The van der Waals surface area contributed by atoms with Crippen molar-refractivity contribution in [2.75, 3.05) is 5.75 Å². The molecule has 0 fully saturated rings. The standard InChI is InChI=1S/C11H17NO3S/c1-7-8(4-9(15-7)10(13)14)5-16-6-11(2,3)12/h4H,5-6,12H2,1-3H3,(H,13,14). The molecule has 0 aliphatic heterocycles. The van der Waals surface area contributed by atoms with Crippen LogP contribution < -0.4 is 5.73 Å². The van der Waals surface area contributed by atoms with Crippen LogP contribution in [0.15, 0.2) is 10.5 Å². The van der Waals surface area contributed by atoms with Crippen molar-refractivity contribution in [3.05, 3.63) is 23.2 Å².